The normalized spacial score (nSPS) is 16.5. The lowest BCUT2D eigenvalue weighted by Crippen LogP contribution is -2.41. The summed E-state index contributed by atoms with van der Waals surface area (Å²) in [7, 11) is 0. The van der Waals surface area contributed by atoms with Gasteiger partial charge in [-0.05, 0) is 66.8 Å². The molecule has 1 fully saturated rings. The second kappa shape index (κ2) is 8.96. The molecule has 1 aliphatic carbocycles. The maximum atomic E-state index is 15.0. The summed E-state index contributed by atoms with van der Waals surface area (Å²) in [6, 6.07) is 20.1. The highest BCUT2D eigenvalue weighted by atomic mass is 35.5. The fraction of sp³-hybridized carbons (Fsp3) is 0.296. The van der Waals surface area contributed by atoms with Crippen molar-refractivity contribution in [2.75, 3.05) is 17.2 Å². The SMILES string of the molecule is N#Cc1ccc(CC2(c3ccc(Cl)cc3OCC3CCCC3)Nc3ccccc3N2)c(F)c1. The third kappa shape index (κ3) is 4.36. The predicted octanol–water partition coefficient (Wildman–Crippen LogP) is 6.85. The Hall–Kier alpha value is -3.23. The van der Waals surface area contributed by atoms with Gasteiger partial charge < -0.3 is 15.4 Å². The maximum Gasteiger partial charge on any atom is 0.142 e. The van der Waals surface area contributed by atoms with E-state index in [9.17, 15) is 4.39 Å². The number of para-hydroxylation sites is 2. The summed E-state index contributed by atoms with van der Waals surface area (Å²) in [5.41, 5.74) is 2.69. The molecule has 0 saturated heterocycles. The zero-order valence-corrected chi connectivity index (χ0v) is 19.0. The van der Waals surface area contributed by atoms with Crippen LogP contribution >= 0.6 is 11.6 Å². The van der Waals surface area contributed by atoms with Crippen LogP contribution in [0.15, 0.2) is 60.7 Å². The van der Waals surface area contributed by atoms with E-state index in [1.54, 1.807) is 12.1 Å². The van der Waals surface area contributed by atoms with Crippen LogP contribution in [0.1, 0.15) is 42.4 Å². The summed E-state index contributed by atoms with van der Waals surface area (Å²) in [4.78, 5) is 0. The van der Waals surface area contributed by atoms with Gasteiger partial charge in [0.05, 0.1) is 29.6 Å². The molecule has 0 bridgehead atoms. The summed E-state index contributed by atoms with van der Waals surface area (Å²) < 4.78 is 21.3. The number of nitrogens with zero attached hydrogens (tertiary/aromatic N) is 1. The van der Waals surface area contributed by atoms with E-state index in [0.717, 1.165) is 16.9 Å². The molecule has 5 rings (SSSR count). The molecule has 3 aromatic rings. The van der Waals surface area contributed by atoms with Crippen molar-refractivity contribution in [1.82, 2.24) is 0 Å². The molecule has 3 aromatic carbocycles. The number of hydrogen-bond acceptors (Lipinski definition) is 4. The van der Waals surface area contributed by atoms with E-state index in [1.807, 2.05) is 48.5 Å². The lowest BCUT2D eigenvalue weighted by molar-refractivity contribution is 0.247. The van der Waals surface area contributed by atoms with E-state index in [2.05, 4.69) is 10.6 Å². The monoisotopic (exact) mass is 461 g/mol. The number of ether oxygens (including phenoxy) is 1. The van der Waals surface area contributed by atoms with Gasteiger partial charge in [0.15, 0.2) is 0 Å². The Kier molecular flexibility index (Phi) is 5.86. The third-order valence-electron chi connectivity index (χ3n) is 6.61. The largest absolute Gasteiger partial charge is 0.493 e. The van der Waals surface area contributed by atoms with E-state index < -0.39 is 11.5 Å². The molecule has 6 heteroatoms. The van der Waals surface area contributed by atoms with Gasteiger partial charge in [-0.15, -0.1) is 0 Å². The minimum atomic E-state index is -0.839. The smallest absolute Gasteiger partial charge is 0.142 e. The minimum Gasteiger partial charge on any atom is -0.493 e. The molecule has 168 valence electrons. The summed E-state index contributed by atoms with van der Waals surface area (Å²) in [5, 5.41) is 16.9. The predicted molar refractivity (Wildman–Crippen MR) is 129 cm³/mol. The average molecular weight is 462 g/mol. The fourth-order valence-corrected chi connectivity index (χ4v) is 5.07. The Balaban J connectivity index is 1.55. The Labute approximate surface area is 198 Å². The van der Waals surface area contributed by atoms with Crippen molar-refractivity contribution in [2.24, 2.45) is 5.92 Å². The summed E-state index contributed by atoms with van der Waals surface area (Å²) in [6.07, 6.45) is 5.16. The highest BCUT2D eigenvalue weighted by Gasteiger charge is 2.41. The Morgan fingerprint density at radius 2 is 1.76 bits per heavy atom. The van der Waals surface area contributed by atoms with Gasteiger partial charge in [-0.3, -0.25) is 0 Å². The van der Waals surface area contributed by atoms with E-state index in [4.69, 9.17) is 21.6 Å². The highest BCUT2D eigenvalue weighted by Crippen LogP contribution is 2.45. The molecule has 0 spiro atoms. The summed E-state index contributed by atoms with van der Waals surface area (Å²) in [5.74, 6) is 0.831. The Morgan fingerprint density at radius 3 is 2.42 bits per heavy atom. The van der Waals surface area contributed by atoms with Crippen LogP contribution < -0.4 is 15.4 Å². The molecule has 2 N–H and O–H groups in total. The number of nitrogens with one attached hydrogen (secondary N) is 2. The van der Waals surface area contributed by atoms with Gasteiger partial charge in [-0.2, -0.15) is 5.26 Å². The standard InChI is InChI=1S/C27H25ClFN3O/c28-21-11-12-22(26(14-21)33-17-18-5-1-2-6-18)27(31-24-7-3-4-8-25(24)32-27)15-20-10-9-19(16-30)13-23(20)29/h3-4,7-14,18,31-32H,1-2,5-6,15,17H2. The van der Waals surface area contributed by atoms with Crippen LogP contribution in [0.3, 0.4) is 0 Å². The molecule has 2 aliphatic rings. The number of hydrogen-bond donors (Lipinski definition) is 2. The van der Waals surface area contributed by atoms with Crippen molar-refractivity contribution >= 4 is 23.0 Å². The van der Waals surface area contributed by atoms with Crippen LogP contribution in [-0.2, 0) is 12.1 Å². The number of fused-ring (bicyclic) bond motifs is 1. The van der Waals surface area contributed by atoms with Crippen molar-refractivity contribution < 1.29 is 9.13 Å². The molecular weight excluding hydrogens is 437 g/mol. The zero-order chi connectivity index (χ0) is 22.8. The first-order chi connectivity index (χ1) is 16.1. The van der Waals surface area contributed by atoms with Crippen molar-refractivity contribution in [3.8, 4) is 11.8 Å². The minimum absolute atomic E-state index is 0.299. The third-order valence-corrected chi connectivity index (χ3v) is 6.85. The molecule has 0 unspecified atom stereocenters. The molecule has 0 aromatic heterocycles. The molecular formula is C27H25ClFN3O. The van der Waals surface area contributed by atoms with Crippen molar-refractivity contribution in [1.29, 1.82) is 5.26 Å². The van der Waals surface area contributed by atoms with Gasteiger partial charge in [0.1, 0.15) is 17.2 Å². The van der Waals surface area contributed by atoms with Gasteiger partial charge in [-0.25, -0.2) is 4.39 Å². The molecule has 4 nitrogen and oxygen atoms in total. The lowest BCUT2D eigenvalue weighted by atomic mass is 9.90. The number of nitriles is 1. The Morgan fingerprint density at radius 1 is 1.03 bits per heavy atom. The van der Waals surface area contributed by atoms with E-state index >= 15 is 0 Å². The molecule has 0 radical (unpaired) electrons. The van der Waals surface area contributed by atoms with E-state index in [1.165, 1.54) is 31.7 Å². The first-order valence-electron chi connectivity index (χ1n) is 11.3. The fourth-order valence-electron chi connectivity index (χ4n) is 4.91. The summed E-state index contributed by atoms with van der Waals surface area (Å²) in [6.45, 7) is 0.640. The lowest BCUT2D eigenvalue weighted by Gasteiger charge is -2.33. The van der Waals surface area contributed by atoms with Crippen LogP contribution in [-0.4, -0.2) is 6.61 Å². The molecule has 1 saturated carbocycles. The van der Waals surface area contributed by atoms with Gasteiger partial charge in [0.25, 0.3) is 0 Å². The summed E-state index contributed by atoms with van der Waals surface area (Å²) >= 11 is 6.36. The molecule has 0 atom stereocenters. The average Bonchev–Trinajstić information content (AvgIpc) is 3.47. The number of anilines is 2. The van der Waals surface area contributed by atoms with E-state index in [-0.39, 0.29) is 0 Å². The molecule has 33 heavy (non-hydrogen) atoms. The number of benzene rings is 3. The maximum absolute atomic E-state index is 15.0. The van der Waals surface area contributed by atoms with Crippen molar-refractivity contribution in [2.45, 2.75) is 37.8 Å². The molecule has 1 heterocycles. The van der Waals surface area contributed by atoms with Crippen molar-refractivity contribution in [3.63, 3.8) is 0 Å². The van der Waals surface area contributed by atoms with Gasteiger partial charge in [-0.1, -0.05) is 42.6 Å². The van der Waals surface area contributed by atoms with Crippen LogP contribution in [0.5, 0.6) is 5.75 Å². The number of rotatable bonds is 6. The van der Waals surface area contributed by atoms with Crippen LogP contribution in [0.25, 0.3) is 0 Å². The van der Waals surface area contributed by atoms with Crippen LogP contribution in [0.2, 0.25) is 5.02 Å². The van der Waals surface area contributed by atoms with Gasteiger partial charge in [0.2, 0.25) is 0 Å². The highest BCUT2D eigenvalue weighted by molar-refractivity contribution is 6.30. The van der Waals surface area contributed by atoms with Crippen LogP contribution in [0.4, 0.5) is 15.8 Å². The van der Waals surface area contributed by atoms with Gasteiger partial charge in [0, 0.05) is 17.0 Å². The second-order valence-corrected chi connectivity index (χ2v) is 9.33. The number of halogens is 2. The first kappa shape index (κ1) is 21.6. The van der Waals surface area contributed by atoms with E-state index in [0.29, 0.717) is 40.8 Å². The van der Waals surface area contributed by atoms with Crippen molar-refractivity contribution in [3.05, 3.63) is 88.2 Å². The van der Waals surface area contributed by atoms with Crippen LogP contribution in [0, 0.1) is 23.1 Å². The first-order valence-corrected chi connectivity index (χ1v) is 11.7. The zero-order valence-electron chi connectivity index (χ0n) is 18.2. The topological polar surface area (TPSA) is 57.1 Å². The molecule has 1 aliphatic heterocycles. The second-order valence-electron chi connectivity index (χ2n) is 8.90. The van der Waals surface area contributed by atoms with Gasteiger partial charge >= 0.3 is 0 Å². The Bertz CT molecular complexity index is 1190. The molecule has 0 amide bonds. The quantitative estimate of drug-likeness (QED) is 0.421.